The highest BCUT2D eigenvalue weighted by molar-refractivity contribution is 5.15. The lowest BCUT2D eigenvalue weighted by Crippen LogP contribution is -2.20. The molecular weight excluding hydrogens is 204 g/mol. The quantitative estimate of drug-likeness (QED) is 0.686. The van der Waals surface area contributed by atoms with Gasteiger partial charge in [-0.3, -0.25) is 0 Å². The van der Waals surface area contributed by atoms with Crippen molar-refractivity contribution >= 4 is 0 Å². The van der Waals surface area contributed by atoms with E-state index in [1.54, 1.807) is 7.11 Å². The van der Waals surface area contributed by atoms with E-state index in [0.29, 0.717) is 12.4 Å². The minimum Gasteiger partial charge on any atom is -0.481 e. The van der Waals surface area contributed by atoms with Crippen LogP contribution in [0.25, 0.3) is 0 Å². The molecule has 1 aromatic rings. The van der Waals surface area contributed by atoms with E-state index >= 15 is 0 Å². The summed E-state index contributed by atoms with van der Waals surface area (Å²) in [7, 11) is 1.61. The van der Waals surface area contributed by atoms with E-state index in [4.69, 9.17) is 4.74 Å². The van der Waals surface area contributed by atoms with Crippen LogP contribution in [0.1, 0.15) is 25.5 Å². The van der Waals surface area contributed by atoms with E-state index in [2.05, 4.69) is 10.3 Å². The average molecular weight is 224 g/mol. The summed E-state index contributed by atoms with van der Waals surface area (Å²) in [6, 6.07) is 5.69. The molecular formula is C12H20N2O2. The molecule has 0 radical (unpaired) electrons. The van der Waals surface area contributed by atoms with Crippen LogP contribution in [0.2, 0.25) is 0 Å². The molecule has 0 aromatic carbocycles. The van der Waals surface area contributed by atoms with Crippen molar-refractivity contribution < 1.29 is 9.84 Å². The van der Waals surface area contributed by atoms with Gasteiger partial charge in [-0.15, -0.1) is 0 Å². The standard InChI is InChI=1S/C12H20N2O2/c1-3-11(15)7-8-13-9-10-5-4-6-12(14-10)16-2/h4-6,11,13,15H,3,7-9H2,1-2H3. The van der Waals surface area contributed by atoms with Crippen LogP contribution in [-0.4, -0.2) is 29.8 Å². The first-order valence-corrected chi connectivity index (χ1v) is 5.65. The summed E-state index contributed by atoms with van der Waals surface area (Å²) >= 11 is 0. The van der Waals surface area contributed by atoms with Crippen molar-refractivity contribution in [3.8, 4) is 5.88 Å². The van der Waals surface area contributed by atoms with Crippen molar-refractivity contribution in [3.63, 3.8) is 0 Å². The fourth-order valence-electron chi connectivity index (χ4n) is 1.36. The molecule has 1 rings (SSSR count). The van der Waals surface area contributed by atoms with Gasteiger partial charge in [-0.2, -0.15) is 0 Å². The van der Waals surface area contributed by atoms with Crippen molar-refractivity contribution in [1.82, 2.24) is 10.3 Å². The van der Waals surface area contributed by atoms with Gasteiger partial charge in [0.25, 0.3) is 0 Å². The minimum absolute atomic E-state index is 0.203. The Morgan fingerprint density at radius 2 is 2.31 bits per heavy atom. The van der Waals surface area contributed by atoms with E-state index in [0.717, 1.165) is 25.1 Å². The fraction of sp³-hybridized carbons (Fsp3) is 0.583. The highest BCUT2D eigenvalue weighted by Crippen LogP contribution is 2.06. The number of rotatable bonds is 7. The summed E-state index contributed by atoms with van der Waals surface area (Å²) < 4.78 is 5.04. The molecule has 0 aliphatic rings. The van der Waals surface area contributed by atoms with Crippen LogP contribution in [0.3, 0.4) is 0 Å². The monoisotopic (exact) mass is 224 g/mol. The second kappa shape index (κ2) is 7.19. The Morgan fingerprint density at radius 1 is 1.50 bits per heavy atom. The van der Waals surface area contributed by atoms with Crippen molar-refractivity contribution in [1.29, 1.82) is 0 Å². The zero-order valence-corrected chi connectivity index (χ0v) is 9.94. The number of hydrogen-bond acceptors (Lipinski definition) is 4. The van der Waals surface area contributed by atoms with Crippen LogP contribution in [0.15, 0.2) is 18.2 Å². The number of ether oxygens (including phenoxy) is 1. The first-order valence-electron chi connectivity index (χ1n) is 5.65. The molecule has 0 saturated carbocycles. The van der Waals surface area contributed by atoms with Crippen molar-refractivity contribution in [2.45, 2.75) is 32.4 Å². The van der Waals surface area contributed by atoms with Crippen molar-refractivity contribution in [2.75, 3.05) is 13.7 Å². The largest absolute Gasteiger partial charge is 0.481 e. The number of methoxy groups -OCH3 is 1. The third kappa shape index (κ3) is 4.59. The fourth-order valence-corrected chi connectivity index (χ4v) is 1.36. The van der Waals surface area contributed by atoms with Crippen molar-refractivity contribution in [2.24, 2.45) is 0 Å². The van der Waals surface area contributed by atoms with E-state index in [-0.39, 0.29) is 6.10 Å². The number of aromatic nitrogens is 1. The van der Waals surface area contributed by atoms with Gasteiger partial charge in [-0.25, -0.2) is 4.98 Å². The van der Waals surface area contributed by atoms with Crippen molar-refractivity contribution in [3.05, 3.63) is 23.9 Å². The molecule has 2 N–H and O–H groups in total. The second-order valence-electron chi connectivity index (χ2n) is 3.70. The smallest absolute Gasteiger partial charge is 0.213 e. The summed E-state index contributed by atoms with van der Waals surface area (Å²) in [4.78, 5) is 4.28. The number of pyridine rings is 1. The highest BCUT2D eigenvalue weighted by Gasteiger charge is 2.00. The third-order valence-electron chi connectivity index (χ3n) is 2.42. The van der Waals surface area contributed by atoms with Gasteiger partial charge < -0.3 is 15.2 Å². The summed E-state index contributed by atoms with van der Waals surface area (Å²) in [5.41, 5.74) is 0.949. The predicted octanol–water partition coefficient (Wildman–Crippen LogP) is 1.34. The Labute approximate surface area is 96.7 Å². The van der Waals surface area contributed by atoms with Crippen LogP contribution < -0.4 is 10.1 Å². The van der Waals surface area contributed by atoms with E-state index in [9.17, 15) is 5.11 Å². The lowest BCUT2D eigenvalue weighted by atomic mass is 10.2. The zero-order valence-electron chi connectivity index (χ0n) is 9.94. The first kappa shape index (κ1) is 12.9. The van der Waals surface area contributed by atoms with Crippen LogP contribution in [-0.2, 0) is 6.54 Å². The SMILES string of the molecule is CCC(O)CCNCc1cccc(OC)n1. The van der Waals surface area contributed by atoms with Gasteiger partial charge >= 0.3 is 0 Å². The second-order valence-corrected chi connectivity index (χ2v) is 3.70. The van der Waals surface area contributed by atoms with Crippen LogP contribution in [0.4, 0.5) is 0 Å². The lowest BCUT2D eigenvalue weighted by Gasteiger charge is -2.08. The molecule has 0 fully saturated rings. The lowest BCUT2D eigenvalue weighted by molar-refractivity contribution is 0.159. The molecule has 0 aliphatic heterocycles. The van der Waals surface area contributed by atoms with E-state index in [1.165, 1.54) is 0 Å². The molecule has 1 heterocycles. The zero-order chi connectivity index (χ0) is 11.8. The maximum atomic E-state index is 9.36. The molecule has 16 heavy (non-hydrogen) atoms. The normalized spacial score (nSPS) is 12.4. The number of hydrogen-bond donors (Lipinski definition) is 2. The number of nitrogens with one attached hydrogen (secondary N) is 1. The molecule has 1 atom stereocenters. The highest BCUT2D eigenvalue weighted by atomic mass is 16.5. The summed E-state index contributed by atoms with van der Waals surface area (Å²) in [6.07, 6.45) is 1.38. The number of nitrogens with zero attached hydrogens (tertiary/aromatic N) is 1. The van der Waals surface area contributed by atoms with Gasteiger partial charge in [0.2, 0.25) is 5.88 Å². The Hall–Kier alpha value is -1.13. The Balaban J connectivity index is 2.26. The maximum Gasteiger partial charge on any atom is 0.213 e. The molecule has 4 nitrogen and oxygen atoms in total. The maximum absolute atomic E-state index is 9.36. The Morgan fingerprint density at radius 3 is 3.00 bits per heavy atom. The van der Waals surface area contributed by atoms with Gasteiger partial charge in [0.15, 0.2) is 0 Å². The first-order chi connectivity index (χ1) is 7.76. The molecule has 4 heteroatoms. The van der Waals surface area contributed by atoms with Gasteiger partial charge in [-0.1, -0.05) is 13.0 Å². The minimum atomic E-state index is -0.203. The van der Waals surface area contributed by atoms with Crippen LogP contribution in [0.5, 0.6) is 5.88 Å². The Bertz CT molecular complexity index is 305. The van der Waals surface area contributed by atoms with Gasteiger partial charge in [0.1, 0.15) is 0 Å². The van der Waals surface area contributed by atoms with Crippen LogP contribution >= 0.6 is 0 Å². The molecule has 1 unspecified atom stereocenters. The average Bonchev–Trinajstić information content (AvgIpc) is 2.34. The summed E-state index contributed by atoms with van der Waals surface area (Å²) in [5, 5.41) is 12.6. The molecule has 1 aromatic heterocycles. The topological polar surface area (TPSA) is 54.4 Å². The van der Waals surface area contributed by atoms with Crippen LogP contribution in [0, 0.1) is 0 Å². The van der Waals surface area contributed by atoms with Gasteiger partial charge in [0.05, 0.1) is 18.9 Å². The molecule has 0 aliphatic carbocycles. The molecule has 0 saturated heterocycles. The Kier molecular flexibility index (Phi) is 5.82. The van der Waals surface area contributed by atoms with E-state index < -0.39 is 0 Å². The molecule has 90 valence electrons. The molecule has 0 amide bonds. The van der Waals surface area contributed by atoms with E-state index in [1.807, 2.05) is 25.1 Å². The van der Waals surface area contributed by atoms with Gasteiger partial charge in [0, 0.05) is 12.6 Å². The molecule has 0 bridgehead atoms. The van der Waals surface area contributed by atoms with Gasteiger partial charge in [-0.05, 0) is 25.5 Å². The number of aliphatic hydroxyl groups is 1. The predicted molar refractivity (Wildman–Crippen MR) is 63.4 cm³/mol. The number of aliphatic hydroxyl groups excluding tert-OH is 1. The molecule has 0 spiro atoms. The third-order valence-corrected chi connectivity index (χ3v) is 2.42. The summed E-state index contributed by atoms with van der Waals surface area (Å²) in [6.45, 7) is 3.48. The summed E-state index contributed by atoms with van der Waals surface area (Å²) in [5.74, 6) is 0.632.